The predicted octanol–water partition coefficient (Wildman–Crippen LogP) is 0.210. The van der Waals surface area contributed by atoms with E-state index in [1.54, 1.807) is 0 Å². The highest BCUT2D eigenvalue weighted by Crippen LogP contribution is 2.21. The normalized spacial score (nSPS) is 22.2. The smallest absolute Gasteiger partial charge is 0.225 e. The maximum absolute atomic E-state index is 5.50. The maximum Gasteiger partial charge on any atom is 0.225 e. The van der Waals surface area contributed by atoms with Crippen molar-refractivity contribution < 1.29 is 4.74 Å². The monoisotopic (exact) mass is 355 g/mol. The van der Waals surface area contributed by atoms with E-state index < -0.39 is 0 Å². The summed E-state index contributed by atoms with van der Waals surface area (Å²) in [6.07, 6.45) is 3.64. The predicted molar refractivity (Wildman–Crippen MR) is 96.8 cm³/mol. The first-order valence-electron chi connectivity index (χ1n) is 9.47. The van der Waals surface area contributed by atoms with Gasteiger partial charge in [0.25, 0.3) is 0 Å². The van der Waals surface area contributed by atoms with Crippen LogP contribution in [0.25, 0.3) is 0 Å². The van der Waals surface area contributed by atoms with E-state index in [9.17, 15) is 0 Å². The molecule has 0 spiro atoms. The molecule has 0 radical (unpaired) electrons. The molecule has 0 bridgehead atoms. The van der Waals surface area contributed by atoms with Gasteiger partial charge in [-0.1, -0.05) is 0 Å². The van der Waals surface area contributed by atoms with E-state index in [2.05, 4.69) is 35.4 Å². The van der Waals surface area contributed by atoms with Crippen molar-refractivity contribution in [2.24, 2.45) is 0 Å². The standard InChI is InChI=1S/C18H25N7O/c1-2-19-18(20-3-1)24-6-4-23(5-7-24)17-12-22(13-17)11-15-10-16-14-26-9-8-25(16)21-15/h1-3,10,17H,4-9,11-14H2. The van der Waals surface area contributed by atoms with Gasteiger partial charge in [0.1, 0.15) is 0 Å². The van der Waals surface area contributed by atoms with Gasteiger partial charge in [0.2, 0.25) is 5.95 Å². The molecule has 3 aliphatic rings. The molecule has 0 saturated carbocycles. The fourth-order valence-electron chi connectivity index (χ4n) is 4.10. The van der Waals surface area contributed by atoms with Crippen LogP contribution in [0.3, 0.4) is 0 Å². The van der Waals surface area contributed by atoms with Gasteiger partial charge in [-0.3, -0.25) is 14.5 Å². The van der Waals surface area contributed by atoms with E-state index in [0.29, 0.717) is 12.6 Å². The largest absolute Gasteiger partial charge is 0.373 e. The van der Waals surface area contributed by atoms with Gasteiger partial charge in [0.05, 0.1) is 31.1 Å². The van der Waals surface area contributed by atoms with Crippen LogP contribution in [0, 0.1) is 0 Å². The molecule has 0 atom stereocenters. The number of ether oxygens (including phenoxy) is 1. The molecule has 8 heteroatoms. The SMILES string of the molecule is c1cnc(N2CCN(C3CN(Cc4cc5n(n4)CCOC5)C3)CC2)nc1. The minimum Gasteiger partial charge on any atom is -0.373 e. The lowest BCUT2D eigenvalue weighted by molar-refractivity contribution is 0.0245. The Labute approximate surface area is 153 Å². The highest BCUT2D eigenvalue weighted by molar-refractivity contribution is 5.29. The van der Waals surface area contributed by atoms with E-state index in [1.165, 1.54) is 11.4 Å². The van der Waals surface area contributed by atoms with Crippen LogP contribution < -0.4 is 4.90 Å². The number of fused-ring (bicyclic) bond motifs is 1. The molecule has 3 aliphatic heterocycles. The lowest BCUT2D eigenvalue weighted by Crippen LogP contribution is -2.62. The number of rotatable bonds is 4. The second-order valence-corrected chi connectivity index (χ2v) is 7.32. The lowest BCUT2D eigenvalue weighted by atomic mass is 10.1. The topological polar surface area (TPSA) is 62.6 Å². The van der Waals surface area contributed by atoms with E-state index in [-0.39, 0.29) is 0 Å². The Balaban J connectivity index is 1.09. The van der Waals surface area contributed by atoms with Crippen molar-refractivity contribution in [1.29, 1.82) is 0 Å². The number of piperazine rings is 1. The second-order valence-electron chi connectivity index (χ2n) is 7.32. The summed E-state index contributed by atoms with van der Waals surface area (Å²) in [6.45, 7) is 9.79. The molecule has 2 fully saturated rings. The molecule has 2 aromatic heterocycles. The highest BCUT2D eigenvalue weighted by Gasteiger charge is 2.34. The number of aromatic nitrogens is 4. The van der Waals surface area contributed by atoms with E-state index in [0.717, 1.165) is 64.9 Å². The molecule has 26 heavy (non-hydrogen) atoms. The van der Waals surface area contributed by atoms with E-state index in [4.69, 9.17) is 9.84 Å². The Morgan fingerprint density at radius 1 is 1.04 bits per heavy atom. The van der Waals surface area contributed by atoms with Crippen LogP contribution in [-0.4, -0.2) is 81.5 Å². The van der Waals surface area contributed by atoms with Crippen molar-refractivity contribution in [1.82, 2.24) is 29.5 Å². The highest BCUT2D eigenvalue weighted by atomic mass is 16.5. The van der Waals surface area contributed by atoms with E-state index in [1.807, 2.05) is 18.5 Å². The third-order valence-corrected chi connectivity index (χ3v) is 5.60. The van der Waals surface area contributed by atoms with Crippen LogP contribution in [0.2, 0.25) is 0 Å². The summed E-state index contributed by atoms with van der Waals surface area (Å²) in [5, 5.41) is 4.71. The molecule has 8 nitrogen and oxygen atoms in total. The number of likely N-dealkylation sites (tertiary alicyclic amines) is 1. The summed E-state index contributed by atoms with van der Waals surface area (Å²) in [6, 6.07) is 4.74. The molecule has 0 amide bonds. The molecular weight excluding hydrogens is 330 g/mol. The maximum atomic E-state index is 5.50. The summed E-state index contributed by atoms with van der Waals surface area (Å²) in [5.41, 5.74) is 2.39. The number of anilines is 1. The molecule has 0 aromatic carbocycles. The van der Waals surface area contributed by atoms with Crippen molar-refractivity contribution in [2.75, 3.05) is 50.8 Å². The van der Waals surface area contributed by atoms with Crippen LogP contribution in [0.15, 0.2) is 24.5 Å². The van der Waals surface area contributed by atoms with Gasteiger partial charge in [-0.2, -0.15) is 5.10 Å². The van der Waals surface area contributed by atoms with Crippen LogP contribution in [0.1, 0.15) is 11.4 Å². The van der Waals surface area contributed by atoms with Gasteiger partial charge >= 0.3 is 0 Å². The molecular formula is C18H25N7O. The summed E-state index contributed by atoms with van der Waals surface area (Å²) in [7, 11) is 0. The third-order valence-electron chi connectivity index (χ3n) is 5.60. The number of hydrogen-bond donors (Lipinski definition) is 0. The lowest BCUT2D eigenvalue weighted by Gasteiger charge is -2.48. The first-order chi connectivity index (χ1) is 12.8. The summed E-state index contributed by atoms with van der Waals surface area (Å²) in [5.74, 6) is 0.857. The summed E-state index contributed by atoms with van der Waals surface area (Å²) >= 11 is 0. The fourth-order valence-corrected chi connectivity index (χ4v) is 4.10. The summed E-state index contributed by atoms with van der Waals surface area (Å²) in [4.78, 5) is 16.1. The first-order valence-corrected chi connectivity index (χ1v) is 9.47. The molecule has 0 N–H and O–H groups in total. The minimum atomic E-state index is 0.675. The molecule has 138 valence electrons. The third kappa shape index (κ3) is 3.20. The zero-order chi connectivity index (χ0) is 17.3. The second kappa shape index (κ2) is 6.94. The number of hydrogen-bond acceptors (Lipinski definition) is 7. The fraction of sp³-hybridized carbons (Fsp3) is 0.611. The summed E-state index contributed by atoms with van der Waals surface area (Å²) < 4.78 is 7.60. The van der Waals surface area contributed by atoms with Crippen LogP contribution in [0.4, 0.5) is 5.95 Å². The molecule has 5 rings (SSSR count). The zero-order valence-corrected chi connectivity index (χ0v) is 15.0. The molecule has 5 heterocycles. The van der Waals surface area contributed by atoms with Crippen LogP contribution in [0.5, 0.6) is 0 Å². The Kier molecular flexibility index (Phi) is 4.32. The van der Waals surface area contributed by atoms with Crippen molar-refractivity contribution in [2.45, 2.75) is 25.7 Å². The van der Waals surface area contributed by atoms with Crippen molar-refractivity contribution in [3.63, 3.8) is 0 Å². The van der Waals surface area contributed by atoms with Gasteiger partial charge in [-0.25, -0.2) is 9.97 Å². The average molecular weight is 355 g/mol. The van der Waals surface area contributed by atoms with Gasteiger partial charge in [0.15, 0.2) is 0 Å². The van der Waals surface area contributed by atoms with E-state index >= 15 is 0 Å². The van der Waals surface area contributed by atoms with Gasteiger partial charge < -0.3 is 9.64 Å². The van der Waals surface area contributed by atoms with Crippen molar-refractivity contribution in [3.05, 3.63) is 35.9 Å². The zero-order valence-electron chi connectivity index (χ0n) is 15.0. The van der Waals surface area contributed by atoms with Crippen LogP contribution >= 0.6 is 0 Å². The van der Waals surface area contributed by atoms with Crippen molar-refractivity contribution >= 4 is 5.95 Å². The molecule has 0 unspecified atom stereocenters. The average Bonchev–Trinajstić information content (AvgIpc) is 3.08. The molecule has 2 saturated heterocycles. The number of nitrogens with zero attached hydrogens (tertiary/aromatic N) is 7. The molecule has 0 aliphatic carbocycles. The minimum absolute atomic E-state index is 0.675. The van der Waals surface area contributed by atoms with Gasteiger partial charge in [0, 0.05) is 64.2 Å². The Morgan fingerprint density at radius 2 is 1.85 bits per heavy atom. The first kappa shape index (κ1) is 16.2. The van der Waals surface area contributed by atoms with Crippen molar-refractivity contribution in [3.8, 4) is 0 Å². The van der Waals surface area contributed by atoms with Gasteiger partial charge in [-0.05, 0) is 12.1 Å². The Bertz CT molecular complexity index is 712. The quantitative estimate of drug-likeness (QED) is 0.777. The van der Waals surface area contributed by atoms with Crippen LogP contribution in [-0.2, 0) is 24.4 Å². The van der Waals surface area contributed by atoms with Gasteiger partial charge in [-0.15, -0.1) is 0 Å². The Morgan fingerprint density at radius 3 is 2.62 bits per heavy atom. The molecule has 2 aromatic rings. The Hall–Kier alpha value is -2.03.